The SMILES string of the molecule is CCCOc1ccc(Cl)cc1NC(C)c1ccccc1Cl. The van der Waals surface area contributed by atoms with Gasteiger partial charge in [-0.3, -0.25) is 0 Å². The highest BCUT2D eigenvalue weighted by Gasteiger charge is 2.12. The quantitative estimate of drug-likeness (QED) is 0.708. The number of rotatable bonds is 6. The first kappa shape index (κ1) is 16.0. The van der Waals surface area contributed by atoms with E-state index >= 15 is 0 Å². The van der Waals surface area contributed by atoms with Gasteiger partial charge in [0.1, 0.15) is 5.75 Å². The van der Waals surface area contributed by atoms with Crippen LogP contribution in [0.3, 0.4) is 0 Å². The molecule has 0 aliphatic carbocycles. The second kappa shape index (κ2) is 7.58. The van der Waals surface area contributed by atoms with Gasteiger partial charge in [0.15, 0.2) is 0 Å². The summed E-state index contributed by atoms with van der Waals surface area (Å²) in [5.74, 6) is 0.806. The minimum absolute atomic E-state index is 0.0566. The molecule has 2 nitrogen and oxygen atoms in total. The summed E-state index contributed by atoms with van der Waals surface area (Å²) in [5.41, 5.74) is 1.92. The van der Waals surface area contributed by atoms with Crippen LogP contribution in [-0.4, -0.2) is 6.61 Å². The van der Waals surface area contributed by atoms with Crippen LogP contribution in [0.15, 0.2) is 42.5 Å². The lowest BCUT2D eigenvalue weighted by Crippen LogP contribution is -2.09. The molecule has 0 aliphatic heterocycles. The minimum atomic E-state index is 0.0566. The summed E-state index contributed by atoms with van der Waals surface area (Å²) >= 11 is 12.3. The van der Waals surface area contributed by atoms with E-state index < -0.39 is 0 Å². The lowest BCUT2D eigenvalue weighted by atomic mass is 10.1. The van der Waals surface area contributed by atoms with E-state index in [0.29, 0.717) is 11.6 Å². The van der Waals surface area contributed by atoms with Crippen molar-refractivity contribution in [2.24, 2.45) is 0 Å². The molecule has 0 heterocycles. The fourth-order valence-electron chi connectivity index (χ4n) is 2.09. The van der Waals surface area contributed by atoms with E-state index in [0.717, 1.165) is 28.4 Å². The van der Waals surface area contributed by atoms with Gasteiger partial charge < -0.3 is 10.1 Å². The van der Waals surface area contributed by atoms with Crippen molar-refractivity contribution in [3.05, 3.63) is 58.1 Å². The van der Waals surface area contributed by atoms with E-state index in [1.54, 1.807) is 0 Å². The third kappa shape index (κ3) is 4.29. The molecule has 0 fully saturated rings. The molecular weight excluding hydrogens is 305 g/mol. The van der Waals surface area contributed by atoms with Gasteiger partial charge in [-0.25, -0.2) is 0 Å². The summed E-state index contributed by atoms with van der Waals surface area (Å²) in [5, 5.41) is 4.84. The molecule has 0 amide bonds. The van der Waals surface area contributed by atoms with E-state index in [-0.39, 0.29) is 6.04 Å². The van der Waals surface area contributed by atoms with Crippen molar-refractivity contribution in [2.75, 3.05) is 11.9 Å². The Hall–Kier alpha value is -1.38. The highest BCUT2D eigenvalue weighted by atomic mass is 35.5. The molecule has 0 radical (unpaired) electrons. The fourth-order valence-corrected chi connectivity index (χ4v) is 2.56. The van der Waals surface area contributed by atoms with Crippen molar-refractivity contribution in [1.29, 1.82) is 0 Å². The van der Waals surface area contributed by atoms with Crippen molar-refractivity contribution >= 4 is 28.9 Å². The Kier molecular flexibility index (Phi) is 5.77. The van der Waals surface area contributed by atoms with Crippen molar-refractivity contribution in [3.8, 4) is 5.75 Å². The van der Waals surface area contributed by atoms with E-state index in [4.69, 9.17) is 27.9 Å². The number of benzene rings is 2. The smallest absolute Gasteiger partial charge is 0.142 e. The molecule has 4 heteroatoms. The average molecular weight is 324 g/mol. The van der Waals surface area contributed by atoms with Gasteiger partial charge in [-0.15, -0.1) is 0 Å². The average Bonchev–Trinajstić information content (AvgIpc) is 2.47. The van der Waals surface area contributed by atoms with Crippen LogP contribution in [-0.2, 0) is 0 Å². The summed E-state index contributed by atoms with van der Waals surface area (Å²) in [6.45, 7) is 4.82. The number of nitrogens with one attached hydrogen (secondary N) is 1. The maximum Gasteiger partial charge on any atom is 0.142 e. The third-order valence-electron chi connectivity index (χ3n) is 3.15. The van der Waals surface area contributed by atoms with Crippen LogP contribution >= 0.6 is 23.2 Å². The van der Waals surface area contributed by atoms with Gasteiger partial charge in [-0.2, -0.15) is 0 Å². The van der Waals surface area contributed by atoms with Crippen molar-refractivity contribution in [3.63, 3.8) is 0 Å². The van der Waals surface area contributed by atoms with Gasteiger partial charge in [0.25, 0.3) is 0 Å². The number of ether oxygens (including phenoxy) is 1. The minimum Gasteiger partial charge on any atom is -0.491 e. The standard InChI is InChI=1S/C17H19Cl2NO/c1-3-10-21-17-9-8-13(18)11-16(17)20-12(2)14-6-4-5-7-15(14)19/h4-9,11-12,20H,3,10H2,1-2H3. The van der Waals surface area contributed by atoms with Crippen LogP contribution in [0.4, 0.5) is 5.69 Å². The molecular formula is C17H19Cl2NO. The summed E-state index contributed by atoms with van der Waals surface area (Å²) in [4.78, 5) is 0. The molecule has 1 unspecified atom stereocenters. The predicted molar refractivity (Wildman–Crippen MR) is 90.7 cm³/mol. The topological polar surface area (TPSA) is 21.3 Å². The molecule has 2 aromatic rings. The van der Waals surface area contributed by atoms with E-state index in [9.17, 15) is 0 Å². The zero-order chi connectivity index (χ0) is 15.2. The molecule has 0 bridgehead atoms. The monoisotopic (exact) mass is 323 g/mol. The Morgan fingerprint density at radius 1 is 1.14 bits per heavy atom. The van der Waals surface area contributed by atoms with Crippen LogP contribution in [0.25, 0.3) is 0 Å². The number of halogens is 2. The second-order valence-corrected chi connectivity index (χ2v) is 5.72. The molecule has 1 N–H and O–H groups in total. The molecule has 0 saturated heterocycles. The van der Waals surface area contributed by atoms with Crippen LogP contribution in [0, 0.1) is 0 Å². The van der Waals surface area contributed by atoms with Crippen molar-refractivity contribution < 1.29 is 4.74 Å². The maximum atomic E-state index is 6.24. The van der Waals surface area contributed by atoms with Crippen LogP contribution in [0.5, 0.6) is 5.75 Å². The molecule has 1 atom stereocenters. The van der Waals surface area contributed by atoms with Gasteiger partial charge >= 0.3 is 0 Å². The molecule has 2 aromatic carbocycles. The maximum absolute atomic E-state index is 6.24. The first-order valence-corrected chi connectivity index (χ1v) is 7.80. The van der Waals surface area contributed by atoms with Gasteiger partial charge in [-0.1, -0.05) is 48.3 Å². The number of hydrogen-bond acceptors (Lipinski definition) is 2. The lowest BCUT2D eigenvalue weighted by Gasteiger charge is -2.19. The first-order valence-electron chi connectivity index (χ1n) is 7.05. The normalized spacial score (nSPS) is 12.0. The van der Waals surface area contributed by atoms with E-state index in [2.05, 4.69) is 19.2 Å². The molecule has 112 valence electrons. The van der Waals surface area contributed by atoms with Crippen molar-refractivity contribution in [2.45, 2.75) is 26.3 Å². The van der Waals surface area contributed by atoms with Crippen LogP contribution < -0.4 is 10.1 Å². The first-order chi connectivity index (χ1) is 10.1. The zero-order valence-electron chi connectivity index (χ0n) is 12.2. The van der Waals surface area contributed by atoms with Gasteiger partial charge in [0.2, 0.25) is 0 Å². The fraction of sp³-hybridized carbons (Fsp3) is 0.294. The second-order valence-electron chi connectivity index (χ2n) is 4.88. The largest absolute Gasteiger partial charge is 0.491 e. The Morgan fingerprint density at radius 2 is 1.90 bits per heavy atom. The predicted octanol–water partition coefficient (Wildman–Crippen LogP) is 5.96. The molecule has 0 spiro atoms. The van der Waals surface area contributed by atoms with Crippen LogP contribution in [0.2, 0.25) is 10.0 Å². The highest BCUT2D eigenvalue weighted by Crippen LogP contribution is 2.32. The van der Waals surface area contributed by atoms with Crippen LogP contribution in [0.1, 0.15) is 31.9 Å². The molecule has 0 aromatic heterocycles. The Bertz CT molecular complexity index is 601. The zero-order valence-corrected chi connectivity index (χ0v) is 13.7. The van der Waals surface area contributed by atoms with Gasteiger partial charge in [-0.05, 0) is 43.2 Å². The Morgan fingerprint density at radius 3 is 2.62 bits per heavy atom. The van der Waals surface area contributed by atoms with Gasteiger partial charge in [0.05, 0.1) is 18.3 Å². The van der Waals surface area contributed by atoms with Gasteiger partial charge in [0, 0.05) is 10.0 Å². The highest BCUT2D eigenvalue weighted by molar-refractivity contribution is 6.31. The van der Waals surface area contributed by atoms with E-state index in [1.165, 1.54) is 0 Å². The Labute approximate surface area is 136 Å². The number of hydrogen-bond donors (Lipinski definition) is 1. The Balaban J connectivity index is 2.21. The molecule has 21 heavy (non-hydrogen) atoms. The summed E-state index contributed by atoms with van der Waals surface area (Å²) in [7, 11) is 0. The van der Waals surface area contributed by atoms with E-state index in [1.807, 2.05) is 42.5 Å². The molecule has 0 saturated carbocycles. The molecule has 0 aliphatic rings. The number of anilines is 1. The lowest BCUT2D eigenvalue weighted by molar-refractivity contribution is 0.318. The summed E-state index contributed by atoms with van der Waals surface area (Å²) in [6, 6.07) is 13.5. The summed E-state index contributed by atoms with van der Waals surface area (Å²) in [6.07, 6.45) is 0.960. The third-order valence-corrected chi connectivity index (χ3v) is 3.73. The summed E-state index contributed by atoms with van der Waals surface area (Å²) < 4.78 is 5.75. The van der Waals surface area contributed by atoms with Crippen molar-refractivity contribution in [1.82, 2.24) is 0 Å². The molecule has 2 rings (SSSR count).